The molecule has 0 unspecified atom stereocenters. The largest absolute Gasteiger partial charge is 0.356 e. The summed E-state index contributed by atoms with van der Waals surface area (Å²) in [4.78, 5) is 13.2. The molecule has 0 aliphatic rings. The number of thiophene rings is 1. The van der Waals surface area contributed by atoms with Gasteiger partial charge >= 0.3 is 0 Å². The van der Waals surface area contributed by atoms with Gasteiger partial charge in [-0.2, -0.15) is 5.10 Å². The van der Waals surface area contributed by atoms with Gasteiger partial charge in [-0.25, -0.2) is 8.78 Å². The van der Waals surface area contributed by atoms with Gasteiger partial charge in [0.1, 0.15) is 17.3 Å². The lowest BCUT2D eigenvalue weighted by molar-refractivity contribution is 0.0945. The summed E-state index contributed by atoms with van der Waals surface area (Å²) in [5.41, 5.74) is 1.49. The van der Waals surface area contributed by atoms with E-state index in [1.165, 1.54) is 23.5 Å². The van der Waals surface area contributed by atoms with Crippen molar-refractivity contribution in [3.05, 3.63) is 70.9 Å². The van der Waals surface area contributed by atoms with Gasteiger partial charge in [0.25, 0.3) is 5.91 Å². The number of carbonyl (C=O) groups excluding carboxylic acids is 1. The van der Waals surface area contributed by atoms with Crippen molar-refractivity contribution in [3.63, 3.8) is 0 Å². The molecular weight excluding hydrogens is 374 g/mol. The number of hydrogen-bond donors (Lipinski definition) is 2. The maximum absolute atomic E-state index is 13.8. The molecule has 1 amide bonds. The van der Waals surface area contributed by atoms with E-state index in [0.717, 1.165) is 22.7 Å². The Morgan fingerprint density at radius 2 is 2.11 bits per heavy atom. The zero-order valence-corrected chi connectivity index (χ0v) is 14.5. The summed E-state index contributed by atoms with van der Waals surface area (Å²) >= 11 is 1.53. The molecule has 3 aromatic heterocycles. The Balaban J connectivity index is 1.42. The first kappa shape index (κ1) is 17.1. The highest BCUT2D eigenvalue weighted by atomic mass is 32.1. The summed E-state index contributed by atoms with van der Waals surface area (Å²) in [5, 5.41) is 15.2. The van der Waals surface area contributed by atoms with Crippen LogP contribution in [0.4, 0.5) is 8.78 Å². The summed E-state index contributed by atoms with van der Waals surface area (Å²) < 4.78 is 31.9. The SMILES string of the molecule is O=C(NCc1cc(-c2ccc(F)cc2F)on1)c1cc(-c2cccs2)[nH]n1. The van der Waals surface area contributed by atoms with Crippen LogP contribution >= 0.6 is 11.3 Å². The molecule has 4 rings (SSSR count). The summed E-state index contributed by atoms with van der Waals surface area (Å²) in [7, 11) is 0. The van der Waals surface area contributed by atoms with E-state index in [9.17, 15) is 13.6 Å². The van der Waals surface area contributed by atoms with E-state index in [1.807, 2.05) is 17.5 Å². The molecule has 2 N–H and O–H groups in total. The molecule has 0 saturated heterocycles. The number of benzene rings is 1. The second-order valence-corrected chi connectivity index (χ2v) is 6.58. The number of aromatic amines is 1. The Kier molecular flexibility index (Phi) is 4.51. The van der Waals surface area contributed by atoms with E-state index >= 15 is 0 Å². The molecule has 0 spiro atoms. The van der Waals surface area contributed by atoms with Crippen molar-refractivity contribution in [3.8, 4) is 21.9 Å². The molecule has 3 heterocycles. The number of halogens is 2. The first-order valence-electron chi connectivity index (χ1n) is 7.88. The van der Waals surface area contributed by atoms with Gasteiger partial charge < -0.3 is 9.84 Å². The van der Waals surface area contributed by atoms with Crippen molar-refractivity contribution < 1.29 is 18.1 Å². The average molecular weight is 386 g/mol. The number of rotatable bonds is 5. The van der Waals surface area contributed by atoms with E-state index in [0.29, 0.717) is 5.69 Å². The van der Waals surface area contributed by atoms with E-state index in [-0.39, 0.29) is 29.5 Å². The first-order chi connectivity index (χ1) is 13.1. The Hall–Kier alpha value is -3.33. The van der Waals surface area contributed by atoms with Crippen molar-refractivity contribution >= 4 is 17.2 Å². The second kappa shape index (κ2) is 7.12. The number of H-pyrrole nitrogens is 1. The van der Waals surface area contributed by atoms with Crippen LogP contribution in [-0.2, 0) is 6.54 Å². The van der Waals surface area contributed by atoms with Gasteiger partial charge in [0.05, 0.1) is 22.7 Å². The van der Waals surface area contributed by atoms with Crippen LogP contribution < -0.4 is 5.32 Å². The Labute approximate surface area is 155 Å². The van der Waals surface area contributed by atoms with Crippen LogP contribution in [0.25, 0.3) is 21.9 Å². The van der Waals surface area contributed by atoms with Gasteiger partial charge in [-0.1, -0.05) is 11.2 Å². The zero-order chi connectivity index (χ0) is 18.8. The van der Waals surface area contributed by atoms with Crippen LogP contribution in [-0.4, -0.2) is 21.3 Å². The van der Waals surface area contributed by atoms with Crippen LogP contribution in [0.3, 0.4) is 0 Å². The minimum Gasteiger partial charge on any atom is -0.356 e. The number of hydrogen-bond acceptors (Lipinski definition) is 5. The number of nitrogens with one attached hydrogen (secondary N) is 2. The Morgan fingerprint density at radius 1 is 1.22 bits per heavy atom. The van der Waals surface area contributed by atoms with Crippen LogP contribution in [0.15, 0.2) is 52.4 Å². The van der Waals surface area contributed by atoms with Crippen LogP contribution in [0.2, 0.25) is 0 Å². The molecule has 136 valence electrons. The standard InChI is InChI=1S/C18H12F2N4O2S/c19-10-3-4-12(13(20)6-10)16-7-11(24-26-16)9-21-18(25)15-8-14(22-23-15)17-2-1-5-27-17/h1-8H,9H2,(H,21,25)(H,22,23). The molecule has 0 saturated carbocycles. The predicted molar refractivity (Wildman–Crippen MR) is 94.9 cm³/mol. The Morgan fingerprint density at radius 3 is 2.89 bits per heavy atom. The molecule has 0 atom stereocenters. The lowest BCUT2D eigenvalue weighted by atomic mass is 10.1. The number of amides is 1. The highest BCUT2D eigenvalue weighted by molar-refractivity contribution is 7.13. The molecule has 27 heavy (non-hydrogen) atoms. The fraction of sp³-hybridized carbons (Fsp3) is 0.0556. The van der Waals surface area contributed by atoms with Crippen molar-refractivity contribution in [2.24, 2.45) is 0 Å². The van der Waals surface area contributed by atoms with Crippen molar-refractivity contribution in [2.45, 2.75) is 6.54 Å². The van der Waals surface area contributed by atoms with Crippen LogP contribution in [0.5, 0.6) is 0 Å². The normalized spacial score (nSPS) is 10.9. The van der Waals surface area contributed by atoms with Crippen molar-refractivity contribution in [2.75, 3.05) is 0 Å². The molecule has 6 nitrogen and oxygen atoms in total. The summed E-state index contributed by atoms with van der Waals surface area (Å²) in [6.07, 6.45) is 0. The predicted octanol–water partition coefficient (Wildman–Crippen LogP) is 4.00. The number of aromatic nitrogens is 3. The minimum atomic E-state index is -0.751. The average Bonchev–Trinajstić information content (AvgIpc) is 3.39. The maximum atomic E-state index is 13.8. The van der Waals surface area contributed by atoms with Crippen molar-refractivity contribution in [1.82, 2.24) is 20.7 Å². The third kappa shape index (κ3) is 3.63. The topological polar surface area (TPSA) is 83.8 Å². The third-order valence-corrected chi connectivity index (χ3v) is 4.69. The lowest BCUT2D eigenvalue weighted by Crippen LogP contribution is -2.23. The van der Waals surface area contributed by atoms with Gasteiger partial charge in [0, 0.05) is 12.1 Å². The number of carbonyl (C=O) groups is 1. The summed E-state index contributed by atoms with van der Waals surface area (Å²) in [6.45, 7) is 0.0757. The highest BCUT2D eigenvalue weighted by Crippen LogP contribution is 2.25. The van der Waals surface area contributed by atoms with E-state index in [1.54, 1.807) is 6.07 Å². The molecule has 4 aromatic rings. The van der Waals surface area contributed by atoms with E-state index in [4.69, 9.17) is 4.52 Å². The summed E-state index contributed by atoms with van der Waals surface area (Å²) in [6, 6.07) is 10.1. The molecule has 0 aliphatic carbocycles. The lowest BCUT2D eigenvalue weighted by Gasteiger charge is -1.99. The second-order valence-electron chi connectivity index (χ2n) is 5.63. The molecular formula is C18H12F2N4O2S. The Bertz CT molecular complexity index is 1090. The van der Waals surface area contributed by atoms with Gasteiger partial charge in [0.15, 0.2) is 11.5 Å². The van der Waals surface area contributed by atoms with Gasteiger partial charge in [0.2, 0.25) is 0 Å². The van der Waals surface area contributed by atoms with E-state index in [2.05, 4.69) is 20.7 Å². The van der Waals surface area contributed by atoms with Gasteiger partial charge in [-0.05, 0) is 29.6 Å². The molecule has 0 radical (unpaired) electrons. The fourth-order valence-corrected chi connectivity index (χ4v) is 3.16. The monoisotopic (exact) mass is 386 g/mol. The zero-order valence-electron chi connectivity index (χ0n) is 13.7. The molecule has 1 aromatic carbocycles. The van der Waals surface area contributed by atoms with Gasteiger partial charge in [-0.15, -0.1) is 11.3 Å². The molecule has 0 fully saturated rings. The van der Waals surface area contributed by atoms with Crippen molar-refractivity contribution in [1.29, 1.82) is 0 Å². The van der Waals surface area contributed by atoms with Crippen LogP contribution in [0.1, 0.15) is 16.2 Å². The molecule has 0 bridgehead atoms. The minimum absolute atomic E-state index is 0.0757. The van der Waals surface area contributed by atoms with E-state index < -0.39 is 11.6 Å². The smallest absolute Gasteiger partial charge is 0.272 e. The van der Waals surface area contributed by atoms with Crippen LogP contribution in [0, 0.1) is 11.6 Å². The molecule has 0 aliphatic heterocycles. The third-order valence-electron chi connectivity index (χ3n) is 3.78. The fourth-order valence-electron chi connectivity index (χ4n) is 2.47. The summed E-state index contributed by atoms with van der Waals surface area (Å²) in [5.74, 6) is -1.66. The first-order valence-corrected chi connectivity index (χ1v) is 8.76. The highest BCUT2D eigenvalue weighted by Gasteiger charge is 2.15. The molecule has 9 heteroatoms. The maximum Gasteiger partial charge on any atom is 0.272 e. The quantitative estimate of drug-likeness (QED) is 0.543. The van der Waals surface area contributed by atoms with Gasteiger partial charge in [-0.3, -0.25) is 9.89 Å². The number of nitrogens with zero attached hydrogens (tertiary/aromatic N) is 2.